The third kappa shape index (κ3) is 2.23. The zero-order valence-electron chi connectivity index (χ0n) is 10.5. The second kappa shape index (κ2) is 5.30. The number of esters is 1. The van der Waals surface area contributed by atoms with Gasteiger partial charge < -0.3 is 14.4 Å². The molecule has 0 aliphatic rings. The summed E-state index contributed by atoms with van der Waals surface area (Å²) in [4.78, 5) is 27.2. The van der Waals surface area contributed by atoms with Gasteiger partial charge in [0.2, 0.25) is 5.71 Å². The van der Waals surface area contributed by atoms with Gasteiger partial charge in [-0.1, -0.05) is 16.8 Å². The van der Waals surface area contributed by atoms with E-state index in [-0.39, 0.29) is 11.1 Å². The van der Waals surface area contributed by atoms with Crippen molar-refractivity contribution in [3.63, 3.8) is 0 Å². The van der Waals surface area contributed by atoms with Crippen LogP contribution in [0, 0.1) is 6.92 Å². The minimum absolute atomic E-state index is 0.211. The Hall–Kier alpha value is -2.41. The van der Waals surface area contributed by atoms with E-state index >= 15 is 0 Å². The summed E-state index contributed by atoms with van der Waals surface area (Å²) in [6.07, 6.45) is 0. The van der Waals surface area contributed by atoms with Crippen LogP contribution in [0.4, 0.5) is 0 Å². The molecule has 8 heteroatoms. The average molecular weight is 297 g/mol. The highest BCUT2D eigenvalue weighted by Crippen LogP contribution is 2.23. The van der Waals surface area contributed by atoms with Crippen molar-refractivity contribution in [1.82, 2.24) is 4.98 Å². The second-order valence-electron chi connectivity index (χ2n) is 3.81. The van der Waals surface area contributed by atoms with Crippen LogP contribution in [0.25, 0.3) is 11.1 Å². The number of rotatable bonds is 2. The number of carbonyl (C=O) groups excluding carboxylic acids is 1. The molecule has 20 heavy (non-hydrogen) atoms. The summed E-state index contributed by atoms with van der Waals surface area (Å²) in [5.41, 5.74) is -0.937. The number of hydrogen-bond donors (Lipinski definition) is 1. The van der Waals surface area contributed by atoms with Crippen molar-refractivity contribution in [2.75, 3.05) is 7.11 Å². The molecule has 0 aliphatic heterocycles. The molecule has 0 saturated heterocycles. The fourth-order valence-corrected chi connectivity index (χ4v) is 1.76. The molecule has 0 bridgehead atoms. The molecule has 1 aromatic carbocycles. The van der Waals surface area contributed by atoms with Gasteiger partial charge in [-0.05, 0) is 24.6 Å². The molecule has 0 aliphatic carbocycles. The Balaban J connectivity index is 2.78. The van der Waals surface area contributed by atoms with Crippen molar-refractivity contribution in [2.45, 2.75) is 6.92 Å². The van der Waals surface area contributed by atoms with Crippen LogP contribution in [0.2, 0.25) is 5.02 Å². The quantitative estimate of drug-likeness (QED) is 0.390. The largest absolute Gasteiger partial charge is 0.464 e. The molecular weight excluding hydrogens is 288 g/mol. The maximum Gasteiger partial charge on any atom is 0.365 e. The van der Waals surface area contributed by atoms with Gasteiger partial charge in [0.05, 0.1) is 7.11 Å². The van der Waals surface area contributed by atoms with Crippen LogP contribution < -0.4 is 5.63 Å². The first-order valence-corrected chi connectivity index (χ1v) is 5.78. The van der Waals surface area contributed by atoms with Crippen LogP contribution in [0.1, 0.15) is 11.3 Å². The standard InChI is InChI=1S/C12H9ClN2O5/c1-5-6(13)3-4-7-8(5)14-9(12(17)20-7)10(15-18)11(16)19-2/h3-4,18H,1-2H3/b15-10-. The lowest BCUT2D eigenvalue weighted by atomic mass is 10.2. The van der Waals surface area contributed by atoms with Gasteiger partial charge in [0, 0.05) is 5.02 Å². The molecule has 1 N–H and O–H groups in total. The van der Waals surface area contributed by atoms with Gasteiger partial charge in [-0.3, -0.25) is 0 Å². The number of oxime groups is 1. The molecule has 1 aromatic heterocycles. The van der Waals surface area contributed by atoms with E-state index in [2.05, 4.69) is 14.9 Å². The Kier molecular flexibility index (Phi) is 3.71. The molecule has 0 atom stereocenters. The van der Waals surface area contributed by atoms with Crippen LogP contribution in [0.15, 0.2) is 26.5 Å². The molecule has 104 valence electrons. The average Bonchev–Trinajstić information content (AvgIpc) is 2.44. The highest BCUT2D eigenvalue weighted by molar-refractivity contribution is 6.42. The van der Waals surface area contributed by atoms with E-state index < -0.39 is 23.0 Å². The Morgan fingerprint density at radius 2 is 2.20 bits per heavy atom. The number of fused-ring (bicyclic) bond motifs is 1. The van der Waals surface area contributed by atoms with Crippen LogP contribution in [-0.2, 0) is 9.53 Å². The van der Waals surface area contributed by atoms with Gasteiger partial charge in [0.15, 0.2) is 11.3 Å². The highest BCUT2D eigenvalue weighted by atomic mass is 35.5. The van der Waals surface area contributed by atoms with Crippen molar-refractivity contribution < 1.29 is 19.2 Å². The molecule has 0 amide bonds. The number of aromatic nitrogens is 1. The Labute approximate surface area is 117 Å². The number of benzene rings is 1. The van der Waals surface area contributed by atoms with E-state index in [0.29, 0.717) is 10.6 Å². The maximum absolute atomic E-state index is 11.8. The normalized spacial score (nSPS) is 11.7. The van der Waals surface area contributed by atoms with Crippen LogP contribution >= 0.6 is 11.6 Å². The summed E-state index contributed by atoms with van der Waals surface area (Å²) in [5.74, 6) is -1.01. The van der Waals surface area contributed by atoms with Crippen molar-refractivity contribution in [2.24, 2.45) is 5.16 Å². The van der Waals surface area contributed by atoms with E-state index in [1.54, 1.807) is 13.0 Å². The van der Waals surface area contributed by atoms with Gasteiger partial charge in [-0.25, -0.2) is 14.6 Å². The summed E-state index contributed by atoms with van der Waals surface area (Å²) < 4.78 is 9.43. The van der Waals surface area contributed by atoms with Gasteiger partial charge in [-0.15, -0.1) is 0 Å². The molecule has 0 radical (unpaired) electrons. The van der Waals surface area contributed by atoms with Crippen molar-refractivity contribution in [3.05, 3.63) is 38.8 Å². The van der Waals surface area contributed by atoms with Crippen molar-refractivity contribution in [1.29, 1.82) is 0 Å². The third-order valence-electron chi connectivity index (χ3n) is 2.65. The summed E-state index contributed by atoms with van der Waals surface area (Å²) in [6.45, 7) is 1.68. The number of halogens is 1. The number of carbonyl (C=O) groups is 1. The molecule has 2 aromatic rings. The lowest BCUT2D eigenvalue weighted by molar-refractivity contribution is -0.132. The van der Waals surface area contributed by atoms with Gasteiger partial charge in [0.25, 0.3) is 0 Å². The maximum atomic E-state index is 11.8. The van der Waals surface area contributed by atoms with Gasteiger partial charge in [0.1, 0.15) is 5.52 Å². The fraction of sp³-hybridized carbons (Fsp3) is 0.167. The zero-order chi connectivity index (χ0) is 14.9. The van der Waals surface area contributed by atoms with E-state index in [1.807, 2.05) is 0 Å². The van der Waals surface area contributed by atoms with E-state index in [4.69, 9.17) is 21.2 Å². The topological polar surface area (TPSA) is 102 Å². The molecule has 2 rings (SSSR count). The minimum Gasteiger partial charge on any atom is -0.464 e. The molecule has 7 nitrogen and oxygen atoms in total. The molecular formula is C12H9ClN2O5. The van der Waals surface area contributed by atoms with Crippen molar-refractivity contribution >= 4 is 34.4 Å². The monoisotopic (exact) mass is 296 g/mol. The summed E-state index contributed by atoms with van der Waals surface area (Å²) in [7, 11) is 1.08. The number of methoxy groups -OCH3 is 1. The first-order chi connectivity index (χ1) is 9.49. The number of nitrogens with zero attached hydrogens (tertiary/aromatic N) is 2. The van der Waals surface area contributed by atoms with Crippen LogP contribution in [0.5, 0.6) is 0 Å². The minimum atomic E-state index is -1.01. The number of aryl methyl sites for hydroxylation is 1. The van der Waals surface area contributed by atoms with Gasteiger partial charge >= 0.3 is 11.6 Å². The lowest BCUT2D eigenvalue weighted by Gasteiger charge is -2.05. The van der Waals surface area contributed by atoms with E-state index in [1.165, 1.54) is 6.07 Å². The van der Waals surface area contributed by atoms with Gasteiger partial charge in [-0.2, -0.15) is 0 Å². The summed E-state index contributed by atoms with van der Waals surface area (Å²) in [6, 6.07) is 3.04. The predicted octanol–water partition coefficient (Wildman–Crippen LogP) is 1.50. The molecule has 0 unspecified atom stereocenters. The molecule has 0 fully saturated rings. The second-order valence-corrected chi connectivity index (χ2v) is 4.22. The Morgan fingerprint density at radius 3 is 2.80 bits per heavy atom. The Morgan fingerprint density at radius 1 is 1.50 bits per heavy atom. The number of ether oxygens (including phenoxy) is 1. The fourth-order valence-electron chi connectivity index (χ4n) is 1.61. The van der Waals surface area contributed by atoms with Crippen LogP contribution in [0.3, 0.4) is 0 Å². The first kappa shape index (κ1) is 14.0. The summed E-state index contributed by atoms with van der Waals surface area (Å²) >= 11 is 5.95. The van der Waals surface area contributed by atoms with E-state index in [0.717, 1.165) is 7.11 Å². The SMILES string of the molecule is COC(=O)/C(=N\O)c1nc2c(C)c(Cl)ccc2oc1=O. The highest BCUT2D eigenvalue weighted by Gasteiger charge is 2.23. The first-order valence-electron chi connectivity index (χ1n) is 5.40. The van der Waals surface area contributed by atoms with Crippen LogP contribution in [-0.4, -0.2) is 29.0 Å². The predicted molar refractivity (Wildman–Crippen MR) is 70.4 cm³/mol. The summed E-state index contributed by atoms with van der Waals surface area (Å²) in [5, 5.41) is 12.0. The molecule has 1 heterocycles. The van der Waals surface area contributed by atoms with Crippen molar-refractivity contribution in [3.8, 4) is 0 Å². The molecule has 0 saturated carbocycles. The smallest absolute Gasteiger partial charge is 0.365 e. The zero-order valence-corrected chi connectivity index (χ0v) is 11.3. The lowest BCUT2D eigenvalue weighted by Crippen LogP contribution is -2.25. The molecule has 0 spiro atoms. The third-order valence-corrected chi connectivity index (χ3v) is 3.06. The number of hydrogen-bond acceptors (Lipinski definition) is 7. The Bertz CT molecular complexity index is 781. The van der Waals surface area contributed by atoms with E-state index in [9.17, 15) is 9.59 Å².